The predicted octanol–water partition coefficient (Wildman–Crippen LogP) is 4.21. The highest BCUT2D eigenvalue weighted by atomic mass is 35.5. The Labute approximate surface area is 225 Å². The summed E-state index contributed by atoms with van der Waals surface area (Å²) in [4.78, 5) is 46.6. The number of carbonyl (C=O) groups is 3. The Bertz CT molecular complexity index is 1270. The average molecular weight is 542 g/mol. The van der Waals surface area contributed by atoms with Crippen LogP contribution in [0.4, 0.5) is 14.9 Å². The van der Waals surface area contributed by atoms with Gasteiger partial charge in [-0.3, -0.25) is 9.78 Å². The summed E-state index contributed by atoms with van der Waals surface area (Å²) in [7, 11) is 1.29. The molecule has 0 saturated carbocycles. The Morgan fingerprint density at radius 1 is 1.32 bits per heavy atom. The van der Waals surface area contributed by atoms with E-state index in [0.29, 0.717) is 36.2 Å². The minimum atomic E-state index is -0.836. The zero-order valence-corrected chi connectivity index (χ0v) is 22.2. The predicted molar refractivity (Wildman–Crippen MR) is 138 cm³/mol. The summed E-state index contributed by atoms with van der Waals surface area (Å²) in [5.74, 6) is -1.37. The number of anilines is 1. The van der Waals surface area contributed by atoms with Gasteiger partial charge in [0, 0.05) is 25.0 Å². The molecule has 4 rings (SSSR count). The number of carbonyl (C=O) groups excluding carboxylic acids is 3. The van der Waals surface area contributed by atoms with Crippen LogP contribution in [0.3, 0.4) is 0 Å². The summed E-state index contributed by atoms with van der Waals surface area (Å²) in [6, 6.07) is 7.84. The van der Waals surface area contributed by atoms with Crippen molar-refractivity contribution in [2.75, 3.05) is 25.1 Å². The number of nitrogens with one attached hydrogen (secondary N) is 1. The first-order valence-corrected chi connectivity index (χ1v) is 12.8. The van der Waals surface area contributed by atoms with Gasteiger partial charge in [0.15, 0.2) is 0 Å². The average Bonchev–Trinajstić information content (AvgIpc) is 2.95. The Kier molecular flexibility index (Phi) is 7.88. The molecule has 3 heterocycles. The van der Waals surface area contributed by atoms with Gasteiger partial charge in [-0.2, -0.15) is 5.26 Å². The molecule has 11 heteroatoms. The Balaban J connectivity index is 1.57. The number of halogens is 2. The molecule has 0 aliphatic carbocycles. The molecule has 200 valence electrons. The highest BCUT2D eigenvalue weighted by Gasteiger charge is 2.63. The molecule has 38 heavy (non-hydrogen) atoms. The van der Waals surface area contributed by atoms with E-state index in [0.717, 1.165) is 0 Å². The first kappa shape index (κ1) is 27.3. The number of amides is 3. The molecule has 0 bridgehead atoms. The van der Waals surface area contributed by atoms with Crippen molar-refractivity contribution >= 4 is 35.2 Å². The number of nitrogens with zero attached hydrogens (tertiary/aromatic N) is 4. The van der Waals surface area contributed by atoms with Gasteiger partial charge in [-0.15, -0.1) is 0 Å². The molecule has 2 aromatic rings. The summed E-state index contributed by atoms with van der Waals surface area (Å²) < 4.78 is 18.7. The molecule has 1 aromatic carbocycles. The Morgan fingerprint density at radius 3 is 2.58 bits per heavy atom. The van der Waals surface area contributed by atoms with Crippen molar-refractivity contribution < 1.29 is 23.5 Å². The second-order valence-corrected chi connectivity index (χ2v) is 10.1. The molecular formula is C27H29ClFN5O4. The molecule has 1 spiro atoms. The third kappa shape index (κ3) is 4.78. The minimum absolute atomic E-state index is 0.101. The summed E-state index contributed by atoms with van der Waals surface area (Å²) in [6.45, 7) is 4.37. The van der Waals surface area contributed by atoms with E-state index >= 15 is 0 Å². The highest BCUT2D eigenvalue weighted by molar-refractivity contribution is 6.31. The van der Waals surface area contributed by atoms with Crippen LogP contribution in [0.5, 0.6) is 0 Å². The van der Waals surface area contributed by atoms with Gasteiger partial charge in [-0.05, 0) is 49.1 Å². The third-order valence-electron chi connectivity index (χ3n) is 7.69. The van der Waals surface area contributed by atoms with Gasteiger partial charge in [0.2, 0.25) is 5.91 Å². The molecule has 2 unspecified atom stereocenters. The smallest absolute Gasteiger partial charge is 0.328 e. The van der Waals surface area contributed by atoms with E-state index in [1.165, 1.54) is 31.5 Å². The van der Waals surface area contributed by atoms with Crippen LogP contribution in [0.25, 0.3) is 0 Å². The highest BCUT2D eigenvalue weighted by Crippen LogP contribution is 2.57. The van der Waals surface area contributed by atoms with Crippen LogP contribution in [0.15, 0.2) is 36.5 Å². The lowest BCUT2D eigenvalue weighted by atomic mass is 9.63. The van der Waals surface area contributed by atoms with Gasteiger partial charge in [0.1, 0.15) is 17.9 Å². The van der Waals surface area contributed by atoms with Crippen molar-refractivity contribution in [1.82, 2.24) is 15.2 Å². The van der Waals surface area contributed by atoms with Crippen LogP contribution in [0, 0.1) is 28.5 Å². The SMILES string of the molecule is CCC(C)[C@H](NC(=O)N1CCC2(CC1)C(=O)N(c1ccc(F)c(Cl)c1)C2c1ccc(C#N)cn1)C(=O)OC. The number of methoxy groups -OCH3 is 1. The van der Waals surface area contributed by atoms with E-state index in [4.69, 9.17) is 16.3 Å². The fraction of sp³-hybridized carbons (Fsp3) is 0.444. The molecule has 2 saturated heterocycles. The lowest BCUT2D eigenvalue weighted by Gasteiger charge is -2.58. The van der Waals surface area contributed by atoms with Crippen LogP contribution in [0.2, 0.25) is 5.02 Å². The zero-order chi connectivity index (χ0) is 27.6. The van der Waals surface area contributed by atoms with Crippen molar-refractivity contribution in [1.29, 1.82) is 5.26 Å². The van der Waals surface area contributed by atoms with E-state index in [1.54, 1.807) is 21.9 Å². The maximum absolute atomic E-state index is 13.8. The number of hydrogen-bond donors (Lipinski definition) is 1. The van der Waals surface area contributed by atoms with Crippen molar-refractivity contribution in [2.24, 2.45) is 11.3 Å². The molecule has 1 N–H and O–H groups in total. The van der Waals surface area contributed by atoms with Crippen molar-refractivity contribution in [3.8, 4) is 6.07 Å². The lowest BCUT2D eigenvalue weighted by Crippen LogP contribution is -2.67. The molecule has 9 nitrogen and oxygen atoms in total. The number of rotatable bonds is 6. The second-order valence-electron chi connectivity index (χ2n) is 9.74. The van der Waals surface area contributed by atoms with Crippen molar-refractivity contribution in [2.45, 2.75) is 45.2 Å². The van der Waals surface area contributed by atoms with Crippen LogP contribution < -0.4 is 10.2 Å². The number of benzene rings is 1. The Hall–Kier alpha value is -3.71. The number of piperidine rings is 1. The Morgan fingerprint density at radius 2 is 2.03 bits per heavy atom. The van der Waals surface area contributed by atoms with Gasteiger partial charge in [-0.1, -0.05) is 31.9 Å². The number of hydrogen-bond acceptors (Lipinski definition) is 6. The molecule has 2 aliphatic heterocycles. The summed E-state index contributed by atoms with van der Waals surface area (Å²) in [6.07, 6.45) is 2.86. The van der Waals surface area contributed by atoms with E-state index in [9.17, 15) is 24.0 Å². The van der Waals surface area contributed by atoms with Crippen LogP contribution >= 0.6 is 11.6 Å². The largest absolute Gasteiger partial charge is 0.467 e. The molecule has 1 aromatic heterocycles. The molecule has 0 radical (unpaired) electrons. The van der Waals surface area contributed by atoms with Gasteiger partial charge >= 0.3 is 12.0 Å². The third-order valence-corrected chi connectivity index (χ3v) is 7.98. The summed E-state index contributed by atoms with van der Waals surface area (Å²) in [5.41, 5.74) is 0.581. The van der Waals surface area contributed by atoms with Gasteiger partial charge in [0.25, 0.3) is 0 Å². The number of likely N-dealkylation sites (tertiary alicyclic amines) is 1. The monoisotopic (exact) mass is 541 g/mol. The summed E-state index contributed by atoms with van der Waals surface area (Å²) in [5, 5.41) is 11.9. The van der Waals surface area contributed by atoms with E-state index in [1.807, 2.05) is 19.9 Å². The topological polar surface area (TPSA) is 116 Å². The van der Waals surface area contributed by atoms with Crippen LogP contribution in [-0.2, 0) is 14.3 Å². The van der Waals surface area contributed by atoms with Gasteiger partial charge < -0.3 is 19.9 Å². The number of urea groups is 1. The fourth-order valence-corrected chi connectivity index (χ4v) is 5.40. The maximum atomic E-state index is 13.8. The zero-order valence-electron chi connectivity index (χ0n) is 21.4. The van der Waals surface area contributed by atoms with Crippen LogP contribution in [0.1, 0.15) is 50.4 Å². The van der Waals surface area contributed by atoms with Gasteiger partial charge in [0.05, 0.1) is 34.8 Å². The number of pyridine rings is 1. The van der Waals surface area contributed by atoms with Gasteiger partial charge in [-0.25, -0.2) is 14.0 Å². The molecule has 3 amide bonds. The van der Waals surface area contributed by atoms with E-state index in [2.05, 4.69) is 10.3 Å². The minimum Gasteiger partial charge on any atom is -0.467 e. The number of β-lactam (4-membered cyclic amide) rings is 1. The number of ether oxygens (including phenoxy) is 1. The summed E-state index contributed by atoms with van der Waals surface area (Å²) >= 11 is 6.01. The van der Waals surface area contributed by atoms with Crippen molar-refractivity contribution in [3.05, 3.63) is 58.6 Å². The van der Waals surface area contributed by atoms with Crippen LogP contribution in [-0.4, -0.2) is 54.0 Å². The van der Waals surface area contributed by atoms with E-state index < -0.39 is 35.3 Å². The molecular weight excluding hydrogens is 513 g/mol. The quantitative estimate of drug-likeness (QED) is 0.432. The maximum Gasteiger partial charge on any atom is 0.328 e. The number of aromatic nitrogens is 1. The molecule has 2 fully saturated rings. The molecule has 3 atom stereocenters. The van der Waals surface area contributed by atoms with Crippen molar-refractivity contribution in [3.63, 3.8) is 0 Å². The second kappa shape index (κ2) is 11.0. The lowest BCUT2D eigenvalue weighted by molar-refractivity contribution is -0.144. The first-order valence-electron chi connectivity index (χ1n) is 12.4. The number of nitriles is 1. The fourth-order valence-electron chi connectivity index (χ4n) is 5.22. The molecule has 2 aliphatic rings. The van der Waals surface area contributed by atoms with E-state index in [-0.39, 0.29) is 29.9 Å². The normalized spacial score (nSPS) is 19.8. The standard InChI is InChI=1S/C27H29ClFN5O4/c1-4-16(2)22(24(35)38-3)32-26(37)33-11-9-27(10-12-33)23(21-8-5-17(14-30)15-31-21)34(25(27)36)18-6-7-20(29)19(28)13-18/h5-8,13,15-16,22-23H,4,9-12H2,1-3H3,(H,32,37)/t16?,22-,23?/m0/s1. The number of esters is 1. The first-order chi connectivity index (χ1) is 18.2.